The monoisotopic (exact) mass is 266 g/mol. The van der Waals surface area contributed by atoms with E-state index >= 15 is 0 Å². The first-order chi connectivity index (χ1) is 8.90. The van der Waals surface area contributed by atoms with Crippen molar-refractivity contribution in [3.63, 3.8) is 0 Å². The predicted octanol–water partition coefficient (Wildman–Crippen LogP) is 3.23. The summed E-state index contributed by atoms with van der Waals surface area (Å²) in [6.45, 7) is 5.96. The molecule has 1 rings (SSSR count). The molecule has 0 bridgehead atoms. The average molecular weight is 266 g/mol. The largest absolute Gasteiger partial charge is 0.496 e. The zero-order chi connectivity index (χ0) is 14.6. The van der Waals surface area contributed by atoms with Gasteiger partial charge in [-0.2, -0.15) is 0 Å². The van der Waals surface area contributed by atoms with Gasteiger partial charge >= 0.3 is 5.97 Å². The van der Waals surface area contributed by atoms with Crippen molar-refractivity contribution >= 4 is 5.97 Å². The molecule has 106 valence electrons. The van der Waals surface area contributed by atoms with E-state index in [0.717, 1.165) is 22.6 Å². The van der Waals surface area contributed by atoms with E-state index in [-0.39, 0.29) is 18.3 Å². The molecule has 0 fully saturated rings. The molecule has 0 heterocycles. The van der Waals surface area contributed by atoms with Crippen LogP contribution in [0.4, 0.5) is 0 Å². The molecule has 1 aromatic rings. The van der Waals surface area contributed by atoms with E-state index in [2.05, 4.69) is 0 Å². The first kappa shape index (κ1) is 15.3. The predicted molar refractivity (Wildman–Crippen MR) is 74.1 cm³/mol. The van der Waals surface area contributed by atoms with Crippen molar-refractivity contribution in [1.29, 1.82) is 0 Å². The Kier molecular flexibility index (Phi) is 5.21. The minimum Gasteiger partial charge on any atom is -0.496 e. The summed E-state index contributed by atoms with van der Waals surface area (Å²) in [5, 5.41) is 9.07. The lowest BCUT2D eigenvalue weighted by Gasteiger charge is -2.23. The van der Waals surface area contributed by atoms with Crippen molar-refractivity contribution in [2.24, 2.45) is 5.92 Å². The van der Waals surface area contributed by atoms with E-state index in [9.17, 15) is 4.79 Å². The van der Waals surface area contributed by atoms with Crippen LogP contribution in [0, 0.1) is 12.8 Å². The Morgan fingerprint density at radius 1 is 1.21 bits per heavy atom. The summed E-state index contributed by atoms with van der Waals surface area (Å²) in [6, 6.07) is 3.78. The van der Waals surface area contributed by atoms with Crippen LogP contribution in [0.3, 0.4) is 0 Å². The molecule has 0 aromatic heterocycles. The quantitative estimate of drug-likeness (QED) is 0.859. The fourth-order valence-electron chi connectivity index (χ4n) is 2.26. The molecular formula is C15H22O4. The summed E-state index contributed by atoms with van der Waals surface area (Å²) in [6.07, 6.45) is 0.0836. The third-order valence-electron chi connectivity index (χ3n) is 3.35. The molecule has 0 spiro atoms. The number of aliphatic carboxylic acids is 1. The molecule has 4 heteroatoms. The fourth-order valence-corrected chi connectivity index (χ4v) is 2.26. The number of benzene rings is 1. The highest BCUT2D eigenvalue weighted by Crippen LogP contribution is 2.38. The topological polar surface area (TPSA) is 55.8 Å². The summed E-state index contributed by atoms with van der Waals surface area (Å²) in [5.74, 6) is 0.782. The van der Waals surface area contributed by atoms with Crippen molar-refractivity contribution in [3.05, 3.63) is 23.3 Å². The standard InChI is InChI=1S/C15H22O4/c1-9(2)11(8-15(16)17)12-7-13(18-4)10(3)6-14(12)19-5/h6-7,9,11H,8H2,1-5H3,(H,16,17). The summed E-state index contributed by atoms with van der Waals surface area (Å²) >= 11 is 0. The van der Waals surface area contributed by atoms with Crippen molar-refractivity contribution in [1.82, 2.24) is 0 Å². The van der Waals surface area contributed by atoms with E-state index in [1.165, 1.54) is 0 Å². The third-order valence-corrected chi connectivity index (χ3v) is 3.35. The van der Waals surface area contributed by atoms with Crippen LogP contribution in [-0.2, 0) is 4.79 Å². The van der Waals surface area contributed by atoms with Crippen LogP contribution in [0.1, 0.15) is 37.3 Å². The second-order valence-electron chi connectivity index (χ2n) is 5.01. The first-order valence-electron chi connectivity index (χ1n) is 6.35. The highest BCUT2D eigenvalue weighted by atomic mass is 16.5. The molecule has 0 aliphatic carbocycles. The van der Waals surface area contributed by atoms with Gasteiger partial charge in [-0.25, -0.2) is 0 Å². The van der Waals surface area contributed by atoms with Crippen LogP contribution in [0.25, 0.3) is 0 Å². The maximum atomic E-state index is 11.0. The maximum absolute atomic E-state index is 11.0. The Hall–Kier alpha value is -1.71. The van der Waals surface area contributed by atoms with E-state index in [4.69, 9.17) is 14.6 Å². The molecule has 1 N–H and O–H groups in total. The van der Waals surface area contributed by atoms with Gasteiger partial charge in [0.15, 0.2) is 0 Å². The van der Waals surface area contributed by atoms with Crippen LogP contribution < -0.4 is 9.47 Å². The maximum Gasteiger partial charge on any atom is 0.303 e. The second kappa shape index (κ2) is 6.45. The molecule has 0 radical (unpaired) electrons. The number of carbonyl (C=O) groups is 1. The fraction of sp³-hybridized carbons (Fsp3) is 0.533. The van der Waals surface area contributed by atoms with Gasteiger partial charge in [-0.1, -0.05) is 13.8 Å². The van der Waals surface area contributed by atoms with Gasteiger partial charge in [-0.15, -0.1) is 0 Å². The number of carboxylic acids is 1. The lowest BCUT2D eigenvalue weighted by Crippen LogP contribution is -2.13. The van der Waals surface area contributed by atoms with Crippen LogP contribution in [0.15, 0.2) is 12.1 Å². The molecule has 0 saturated carbocycles. The number of methoxy groups -OCH3 is 2. The molecule has 1 atom stereocenters. The molecule has 1 unspecified atom stereocenters. The summed E-state index contributed by atoms with van der Waals surface area (Å²) in [4.78, 5) is 11.0. The number of hydrogen-bond acceptors (Lipinski definition) is 3. The van der Waals surface area contributed by atoms with Gasteiger partial charge < -0.3 is 14.6 Å². The summed E-state index contributed by atoms with van der Waals surface area (Å²) in [7, 11) is 3.21. The van der Waals surface area contributed by atoms with E-state index in [1.54, 1.807) is 14.2 Å². The second-order valence-corrected chi connectivity index (χ2v) is 5.01. The number of aryl methyl sites for hydroxylation is 1. The zero-order valence-corrected chi connectivity index (χ0v) is 12.2. The van der Waals surface area contributed by atoms with Crippen LogP contribution in [-0.4, -0.2) is 25.3 Å². The smallest absolute Gasteiger partial charge is 0.303 e. The van der Waals surface area contributed by atoms with Gasteiger partial charge in [0.2, 0.25) is 0 Å². The van der Waals surface area contributed by atoms with Crippen LogP contribution >= 0.6 is 0 Å². The highest BCUT2D eigenvalue weighted by Gasteiger charge is 2.24. The van der Waals surface area contributed by atoms with Crippen molar-refractivity contribution in [2.75, 3.05) is 14.2 Å². The lowest BCUT2D eigenvalue weighted by atomic mass is 9.84. The van der Waals surface area contributed by atoms with Crippen LogP contribution in [0.2, 0.25) is 0 Å². The molecule has 0 aliphatic rings. The highest BCUT2D eigenvalue weighted by molar-refractivity contribution is 5.68. The zero-order valence-electron chi connectivity index (χ0n) is 12.2. The molecule has 0 saturated heterocycles. The molecule has 4 nitrogen and oxygen atoms in total. The SMILES string of the molecule is COc1cc(C(CC(=O)O)C(C)C)c(OC)cc1C. The van der Waals surface area contributed by atoms with Gasteiger partial charge in [0.25, 0.3) is 0 Å². The average Bonchev–Trinajstić information content (AvgIpc) is 2.35. The van der Waals surface area contributed by atoms with Gasteiger partial charge in [0.05, 0.1) is 20.6 Å². The van der Waals surface area contributed by atoms with E-state index in [1.807, 2.05) is 32.9 Å². The minimum absolute atomic E-state index is 0.0836. The number of ether oxygens (including phenoxy) is 2. The summed E-state index contributed by atoms with van der Waals surface area (Å²) < 4.78 is 10.7. The molecule has 19 heavy (non-hydrogen) atoms. The molecule has 0 amide bonds. The lowest BCUT2D eigenvalue weighted by molar-refractivity contribution is -0.137. The van der Waals surface area contributed by atoms with E-state index in [0.29, 0.717) is 0 Å². The van der Waals surface area contributed by atoms with Crippen molar-refractivity contribution in [2.45, 2.75) is 33.1 Å². The minimum atomic E-state index is -0.805. The Morgan fingerprint density at radius 2 is 1.79 bits per heavy atom. The first-order valence-corrected chi connectivity index (χ1v) is 6.35. The van der Waals surface area contributed by atoms with Gasteiger partial charge in [-0.05, 0) is 30.5 Å². The van der Waals surface area contributed by atoms with E-state index < -0.39 is 5.97 Å². The Balaban J connectivity index is 3.30. The van der Waals surface area contributed by atoms with Crippen molar-refractivity contribution in [3.8, 4) is 11.5 Å². The number of rotatable bonds is 6. The van der Waals surface area contributed by atoms with Gasteiger partial charge in [0.1, 0.15) is 11.5 Å². The molecule has 0 aliphatic heterocycles. The Morgan fingerprint density at radius 3 is 2.21 bits per heavy atom. The van der Waals surface area contributed by atoms with Gasteiger partial charge in [0, 0.05) is 11.5 Å². The number of carboxylic acid groups (broad SMARTS) is 1. The third kappa shape index (κ3) is 3.63. The van der Waals surface area contributed by atoms with Gasteiger partial charge in [-0.3, -0.25) is 4.79 Å². The normalized spacial score (nSPS) is 12.3. The molecule has 1 aromatic carbocycles. The number of hydrogen-bond donors (Lipinski definition) is 1. The Labute approximate surface area is 114 Å². The van der Waals surface area contributed by atoms with Crippen LogP contribution in [0.5, 0.6) is 11.5 Å². The molecular weight excluding hydrogens is 244 g/mol. The Bertz CT molecular complexity index is 452. The summed E-state index contributed by atoms with van der Waals surface area (Å²) in [5.41, 5.74) is 1.86. The van der Waals surface area contributed by atoms with Crippen molar-refractivity contribution < 1.29 is 19.4 Å².